The van der Waals surface area contributed by atoms with Crippen molar-refractivity contribution in [3.63, 3.8) is 0 Å². The van der Waals surface area contributed by atoms with Crippen LogP contribution in [-0.4, -0.2) is 33.6 Å². The second-order valence-corrected chi connectivity index (χ2v) is 9.56. The first-order chi connectivity index (χ1) is 13.3. The van der Waals surface area contributed by atoms with E-state index in [-0.39, 0.29) is 6.10 Å². The van der Waals surface area contributed by atoms with Gasteiger partial charge in [-0.1, -0.05) is 49.0 Å². The fourth-order valence-electron chi connectivity index (χ4n) is 5.71. The summed E-state index contributed by atoms with van der Waals surface area (Å²) in [5.74, 6) is 1.38. The van der Waals surface area contributed by atoms with Gasteiger partial charge in [0, 0.05) is 0 Å². The summed E-state index contributed by atoms with van der Waals surface area (Å²) >= 11 is 0. The molecule has 0 radical (unpaired) electrons. The van der Waals surface area contributed by atoms with Crippen LogP contribution in [0.3, 0.4) is 0 Å². The van der Waals surface area contributed by atoms with Gasteiger partial charge in [0.2, 0.25) is 0 Å². The lowest BCUT2D eigenvalue weighted by Crippen LogP contribution is -2.33. The molecule has 0 aromatic carbocycles. The Hall–Kier alpha value is -1.16. The fourth-order valence-corrected chi connectivity index (χ4v) is 5.71. The monoisotopic (exact) mass is 386 g/mol. The quantitative estimate of drug-likeness (QED) is 0.592. The van der Waals surface area contributed by atoms with Gasteiger partial charge >= 0.3 is 0 Å². The van der Waals surface area contributed by atoms with Gasteiger partial charge in [-0.3, -0.25) is 0 Å². The van der Waals surface area contributed by atoms with Gasteiger partial charge in [0.25, 0.3) is 0 Å². The van der Waals surface area contributed by atoms with Gasteiger partial charge in [0.05, 0.1) is 18.3 Å². The molecular weight excluding hydrogens is 348 g/mol. The third-order valence-electron chi connectivity index (χ3n) is 7.53. The smallest absolute Gasteiger partial charge is 0.0809 e. The van der Waals surface area contributed by atoms with Gasteiger partial charge in [-0.05, 0) is 87.5 Å². The first-order valence-corrected chi connectivity index (χ1v) is 11.1. The largest absolute Gasteiger partial charge is 0.393 e. The first-order valence-electron chi connectivity index (χ1n) is 11.1. The van der Waals surface area contributed by atoms with Crippen molar-refractivity contribution in [1.82, 2.24) is 0 Å². The Kier molecular flexibility index (Phi) is 7.01. The topological polar surface area (TPSA) is 60.7 Å². The molecule has 156 valence electrons. The fraction of sp³-hybridized carbons (Fsp3) is 0.680. The van der Waals surface area contributed by atoms with E-state index in [1.165, 1.54) is 32.1 Å². The highest BCUT2D eigenvalue weighted by Crippen LogP contribution is 2.58. The summed E-state index contributed by atoms with van der Waals surface area (Å²) < 4.78 is 0. The summed E-state index contributed by atoms with van der Waals surface area (Å²) in [4.78, 5) is 0. The molecule has 3 fully saturated rings. The van der Waals surface area contributed by atoms with E-state index in [0.717, 1.165) is 24.3 Å². The number of fused-ring (bicyclic) bond motifs is 1. The maximum absolute atomic E-state index is 10.1. The molecule has 2 unspecified atom stereocenters. The van der Waals surface area contributed by atoms with E-state index in [2.05, 4.69) is 37.8 Å². The zero-order chi connectivity index (χ0) is 20.3. The molecule has 0 amide bonds. The van der Waals surface area contributed by atoms with Crippen molar-refractivity contribution in [2.75, 3.05) is 0 Å². The van der Waals surface area contributed by atoms with Gasteiger partial charge in [0.1, 0.15) is 0 Å². The predicted molar refractivity (Wildman–Crippen MR) is 115 cm³/mol. The molecule has 3 heteroatoms. The molecule has 3 aliphatic rings. The average Bonchev–Trinajstić information content (AvgIpc) is 2.98. The van der Waals surface area contributed by atoms with Crippen LogP contribution in [0.1, 0.15) is 71.6 Å². The van der Waals surface area contributed by atoms with E-state index < -0.39 is 12.2 Å². The van der Waals surface area contributed by atoms with E-state index in [9.17, 15) is 15.3 Å². The van der Waals surface area contributed by atoms with Crippen LogP contribution in [0.4, 0.5) is 0 Å². The zero-order valence-corrected chi connectivity index (χ0v) is 17.6. The molecule has 6 atom stereocenters. The van der Waals surface area contributed by atoms with E-state index >= 15 is 0 Å². The Bertz CT molecular complexity index is 641. The lowest BCUT2D eigenvalue weighted by molar-refractivity contribution is 0.123. The van der Waals surface area contributed by atoms with Gasteiger partial charge in [-0.25, -0.2) is 0 Å². The third kappa shape index (κ3) is 4.69. The maximum atomic E-state index is 10.1. The molecule has 3 N–H and O–H groups in total. The van der Waals surface area contributed by atoms with Crippen molar-refractivity contribution < 1.29 is 15.3 Å². The SMILES string of the molecule is C=C1[C@H](O)CC(=C/C=C2\CCC[C@]3(C)C(C/C=C/C[C@H](C)O)CCC23)C[C@H]1O. The van der Waals surface area contributed by atoms with Crippen LogP contribution in [0.2, 0.25) is 0 Å². The molecule has 0 heterocycles. The highest BCUT2D eigenvalue weighted by Gasteiger charge is 2.48. The Morgan fingerprint density at radius 3 is 2.54 bits per heavy atom. The molecule has 0 saturated heterocycles. The van der Waals surface area contributed by atoms with Gasteiger partial charge in [-0.15, -0.1) is 0 Å². The van der Waals surface area contributed by atoms with E-state index in [0.29, 0.717) is 29.7 Å². The minimum absolute atomic E-state index is 0.255. The lowest BCUT2D eigenvalue weighted by atomic mass is 9.63. The molecule has 0 aromatic heterocycles. The van der Waals surface area contributed by atoms with Crippen molar-refractivity contribution in [3.05, 3.63) is 47.6 Å². The third-order valence-corrected chi connectivity index (χ3v) is 7.53. The molecule has 0 aromatic rings. The number of hydrogen-bond acceptors (Lipinski definition) is 3. The number of hydrogen-bond donors (Lipinski definition) is 3. The summed E-state index contributed by atoms with van der Waals surface area (Å²) in [6, 6.07) is 0. The van der Waals surface area contributed by atoms with Crippen molar-refractivity contribution in [3.8, 4) is 0 Å². The van der Waals surface area contributed by atoms with E-state index in [1.54, 1.807) is 5.57 Å². The summed E-state index contributed by atoms with van der Waals surface area (Å²) in [5, 5.41) is 29.6. The second-order valence-electron chi connectivity index (χ2n) is 9.56. The highest BCUT2D eigenvalue weighted by molar-refractivity contribution is 5.29. The van der Waals surface area contributed by atoms with Crippen LogP contribution in [0.25, 0.3) is 0 Å². The minimum Gasteiger partial charge on any atom is -0.393 e. The highest BCUT2D eigenvalue weighted by atomic mass is 16.3. The minimum atomic E-state index is -0.616. The van der Waals surface area contributed by atoms with Crippen molar-refractivity contribution in [2.45, 2.75) is 89.9 Å². The molecule has 3 nitrogen and oxygen atoms in total. The summed E-state index contributed by atoms with van der Waals surface area (Å²) in [6.07, 6.45) is 16.7. The Morgan fingerprint density at radius 1 is 1.14 bits per heavy atom. The Morgan fingerprint density at radius 2 is 1.86 bits per heavy atom. The van der Waals surface area contributed by atoms with Crippen LogP contribution in [0, 0.1) is 17.3 Å². The van der Waals surface area contributed by atoms with Crippen LogP contribution in [-0.2, 0) is 0 Å². The number of aliphatic hydroxyl groups excluding tert-OH is 3. The van der Waals surface area contributed by atoms with Crippen LogP contribution in [0.5, 0.6) is 0 Å². The molecule has 0 spiro atoms. The predicted octanol–water partition coefficient (Wildman–Crippen LogP) is 4.84. The molecule has 3 aliphatic carbocycles. The lowest BCUT2D eigenvalue weighted by Gasteiger charge is -2.42. The maximum Gasteiger partial charge on any atom is 0.0809 e. The first kappa shape index (κ1) is 21.5. The second kappa shape index (κ2) is 9.11. The normalized spacial score (nSPS) is 38.8. The van der Waals surface area contributed by atoms with Gasteiger partial charge in [-0.2, -0.15) is 0 Å². The van der Waals surface area contributed by atoms with E-state index in [4.69, 9.17) is 0 Å². The molecule has 3 rings (SSSR count). The molecule has 0 aliphatic heterocycles. The summed E-state index contributed by atoms with van der Waals surface area (Å²) in [7, 11) is 0. The van der Waals surface area contributed by atoms with Crippen LogP contribution >= 0.6 is 0 Å². The van der Waals surface area contributed by atoms with Gasteiger partial charge in [0.15, 0.2) is 0 Å². The van der Waals surface area contributed by atoms with E-state index in [1.807, 2.05) is 6.92 Å². The number of allylic oxidation sites excluding steroid dienone is 4. The average molecular weight is 387 g/mol. The number of rotatable bonds is 5. The molecule has 3 saturated carbocycles. The summed E-state index contributed by atoms with van der Waals surface area (Å²) in [6.45, 7) is 8.12. The Balaban J connectivity index is 1.68. The molecule has 0 bridgehead atoms. The van der Waals surface area contributed by atoms with Gasteiger partial charge < -0.3 is 15.3 Å². The zero-order valence-electron chi connectivity index (χ0n) is 17.6. The molecular formula is C25H38O3. The molecule has 28 heavy (non-hydrogen) atoms. The van der Waals surface area contributed by atoms with Crippen molar-refractivity contribution in [2.24, 2.45) is 17.3 Å². The summed E-state index contributed by atoms with van der Waals surface area (Å²) in [5.41, 5.74) is 3.61. The standard InChI is InChI=1S/C25H38O3/c1-17(26)7-4-5-9-21-12-13-22-20(8-6-14-25(21,22)3)11-10-19-15-23(27)18(2)24(28)16-19/h4-5,10-11,17,21-24,26-28H,2,6-9,12-16H2,1,3H3/b5-4+,20-11+/t17-,21?,22?,23+,24+,25+/m0/s1. The van der Waals surface area contributed by atoms with Crippen molar-refractivity contribution >= 4 is 0 Å². The van der Waals surface area contributed by atoms with Crippen LogP contribution < -0.4 is 0 Å². The van der Waals surface area contributed by atoms with Crippen molar-refractivity contribution in [1.29, 1.82) is 0 Å². The number of aliphatic hydroxyl groups is 3. The van der Waals surface area contributed by atoms with Crippen LogP contribution in [0.15, 0.2) is 47.6 Å². The Labute approximate surface area is 170 Å².